The van der Waals surface area contributed by atoms with E-state index in [4.69, 9.17) is 0 Å². The van der Waals surface area contributed by atoms with E-state index in [0.717, 1.165) is 44.2 Å². The average molecular weight is 319 g/mol. The highest BCUT2D eigenvalue weighted by molar-refractivity contribution is 5.73. The molecule has 4 heteroatoms. The average Bonchev–Trinajstić information content (AvgIpc) is 3.04. The molecule has 0 amide bonds. The Morgan fingerprint density at radius 2 is 1.46 bits per heavy atom. The van der Waals surface area contributed by atoms with E-state index in [1.165, 1.54) is 11.1 Å². The van der Waals surface area contributed by atoms with E-state index in [2.05, 4.69) is 46.7 Å². The van der Waals surface area contributed by atoms with E-state index in [1.54, 1.807) is 0 Å². The fourth-order valence-corrected chi connectivity index (χ4v) is 2.86. The quantitative estimate of drug-likeness (QED) is 0.597. The summed E-state index contributed by atoms with van der Waals surface area (Å²) in [5.41, 5.74) is 3.97. The van der Waals surface area contributed by atoms with Crippen molar-refractivity contribution in [2.75, 3.05) is 0 Å². The highest BCUT2D eigenvalue weighted by atomic mass is 16.1. The first-order valence-electron chi connectivity index (χ1n) is 8.32. The summed E-state index contributed by atoms with van der Waals surface area (Å²) >= 11 is 0. The molecule has 4 nitrogen and oxygen atoms in total. The molecule has 0 aliphatic heterocycles. The Bertz CT molecular complexity index is 766. The molecule has 0 unspecified atom stereocenters. The predicted molar refractivity (Wildman–Crippen MR) is 94.0 cm³/mol. The Labute approximate surface area is 142 Å². The van der Waals surface area contributed by atoms with Crippen molar-refractivity contribution in [2.24, 2.45) is 0 Å². The van der Waals surface area contributed by atoms with E-state index in [-0.39, 0.29) is 0 Å². The second-order valence-electron chi connectivity index (χ2n) is 5.84. The molecule has 0 spiro atoms. The molecule has 3 aromatic rings. The van der Waals surface area contributed by atoms with Gasteiger partial charge in [-0.2, -0.15) is 0 Å². The number of aryl methyl sites for hydroxylation is 3. The summed E-state index contributed by atoms with van der Waals surface area (Å²) in [5.74, 6) is 0. The second kappa shape index (κ2) is 8.20. The van der Waals surface area contributed by atoms with Gasteiger partial charge in [-0.25, -0.2) is 4.68 Å². The van der Waals surface area contributed by atoms with Gasteiger partial charge in [0.15, 0.2) is 6.29 Å². The lowest BCUT2D eigenvalue weighted by atomic mass is 10.1. The fourth-order valence-electron chi connectivity index (χ4n) is 2.86. The third-order valence-corrected chi connectivity index (χ3v) is 4.15. The molecule has 0 radical (unpaired) electrons. The van der Waals surface area contributed by atoms with Crippen LogP contribution >= 0.6 is 0 Å². The largest absolute Gasteiger partial charge is 0.296 e. The van der Waals surface area contributed by atoms with Gasteiger partial charge in [0.25, 0.3) is 0 Å². The van der Waals surface area contributed by atoms with Crippen LogP contribution in [-0.4, -0.2) is 21.3 Å². The molecule has 0 atom stereocenters. The number of benzene rings is 2. The van der Waals surface area contributed by atoms with Gasteiger partial charge in [-0.05, 0) is 36.8 Å². The zero-order chi connectivity index (χ0) is 16.6. The van der Waals surface area contributed by atoms with E-state index in [1.807, 2.05) is 28.9 Å². The van der Waals surface area contributed by atoms with Crippen molar-refractivity contribution in [2.45, 2.75) is 32.2 Å². The molecule has 3 rings (SSSR count). The number of carbonyl (C=O) groups is 1. The number of hydrogen-bond donors (Lipinski definition) is 0. The number of hydrogen-bond acceptors (Lipinski definition) is 3. The van der Waals surface area contributed by atoms with Crippen LogP contribution < -0.4 is 0 Å². The van der Waals surface area contributed by atoms with Gasteiger partial charge in [0, 0.05) is 6.54 Å². The Balaban J connectivity index is 1.63. The van der Waals surface area contributed by atoms with Crippen molar-refractivity contribution in [3.8, 4) is 0 Å². The number of nitrogens with zero attached hydrogens (tertiary/aromatic N) is 3. The maximum atomic E-state index is 11.2. The van der Waals surface area contributed by atoms with Crippen molar-refractivity contribution in [3.63, 3.8) is 0 Å². The van der Waals surface area contributed by atoms with Crippen LogP contribution in [-0.2, 0) is 25.8 Å². The van der Waals surface area contributed by atoms with Gasteiger partial charge in [-0.1, -0.05) is 65.9 Å². The molecule has 0 N–H and O–H groups in total. The maximum absolute atomic E-state index is 11.2. The van der Waals surface area contributed by atoms with E-state index in [0.29, 0.717) is 5.69 Å². The fraction of sp³-hybridized carbons (Fsp3) is 0.250. The normalized spacial score (nSPS) is 10.7. The van der Waals surface area contributed by atoms with E-state index in [9.17, 15) is 4.79 Å². The topological polar surface area (TPSA) is 47.8 Å². The first kappa shape index (κ1) is 16.1. The minimum absolute atomic E-state index is 0.464. The Morgan fingerprint density at radius 1 is 0.833 bits per heavy atom. The van der Waals surface area contributed by atoms with Gasteiger partial charge >= 0.3 is 0 Å². The maximum Gasteiger partial charge on any atom is 0.172 e. The van der Waals surface area contributed by atoms with Crippen LogP contribution in [0, 0.1) is 0 Å². The standard InChI is InChI=1S/C20H21N3O/c24-16-19-20(14-13-18-10-5-2-6-11-18)23(22-21-19)15-7-12-17-8-3-1-4-9-17/h1-6,8-11,16H,7,12-15H2. The summed E-state index contributed by atoms with van der Waals surface area (Å²) in [6, 6.07) is 20.7. The van der Waals surface area contributed by atoms with Crippen molar-refractivity contribution < 1.29 is 4.79 Å². The molecule has 0 bridgehead atoms. The molecule has 1 aromatic heterocycles. The number of aromatic nitrogens is 3. The molecule has 122 valence electrons. The zero-order valence-corrected chi connectivity index (χ0v) is 13.6. The van der Waals surface area contributed by atoms with Crippen molar-refractivity contribution >= 4 is 6.29 Å². The molecule has 0 aliphatic carbocycles. The highest BCUT2D eigenvalue weighted by Crippen LogP contribution is 2.11. The first-order chi connectivity index (χ1) is 11.9. The summed E-state index contributed by atoms with van der Waals surface area (Å²) in [5, 5.41) is 8.18. The summed E-state index contributed by atoms with van der Waals surface area (Å²) < 4.78 is 1.88. The molecule has 1 heterocycles. The Morgan fingerprint density at radius 3 is 2.08 bits per heavy atom. The third kappa shape index (κ3) is 4.16. The lowest BCUT2D eigenvalue weighted by Crippen LogP contribution is -2.08. The van der Waals surface area contributed by atoms with Gasteiger partial charge in [0.1, 0.15) is 5.69 Å². The summed E-state index contributed by atoms with van der Waals surface area (Å²) in [6.07, 6.45) is 4.43. The predicted octanol–water partition coefficient (Wildman–Crippen LogP) is 3.51. The van der Waals surface area contributed by atoms with Crippen LogP contribution in [0.4, 0.5) is 0 Å². The van der Waals surface area contributed by atoms with Crippen LogP contribution in [0.15, 0.2) is 60.7 Å². The van der Waals surface area contributed by atoms with E-state index < -0.39 is 0 Å². The minimum atomic E-state index is 0.464. The van der Waals surface area contributed by atoms with Crippen LogP contribution in [0.5, 0.6) is 0 Å². The molecule has 0 saturated heterocycles. The monoisotopic (exact) mass is 319 g/mol. The van der Waals surface area contributed by atoms with Gasteiger partial charge in [-0.15, -0.1) is 5.10 Å². The first-order valence-corrected chi connectivity index (χ1v) is 8.32. The molecule has 2 aromatic carbocycles. The van der Waals surface area contributed by atoms with Crippen LogP contribution in [0.2, 0.25) is 0 Å². The molecule has 24 heavy (non-hydrogen) atoms. The van der Waals surface area contributed by atoms with E-state index >= 15 is 0 Å². The summed E-state index contributed by atoms with van der Waals surface area (Å²) in [7, 11) is 0. The number of rotatable bonds is 8. The second-order valence-corrected chi connectivity index (χ2v) is 5.84. The highest BCUT2D eigenvalue weighted by Gasteiger charge is 2.12. The zero-order valence-electron chi connectivity index (χ0n) is 13.6. The minimum Gasteiger partial charge on any atom is -0.296 e. The van der Waals surface area contributed by atoms with Gasteiger partial charge in [0.05, 0.1) is 5.69 Å². The lowest BCUT2D eigenvalue weighted by molar-refractivity contribution is 0.111. The SMILES string of the molecule is O=Cc1nnn(CCCc2ccccc2)c1CCc1ccccc1. The Hall–Kier alpha value is -2.75. The Kier molecular flexibility index (Phi) is 5.51. The van der Waals surface area contributed by atoms with Crippen LogP contribution in [0.25, 0.3) is 0 Å². The summed E-state index contributed by atoms with van der Waals surface area (Å²) in [4.78, 5) is 11.2. The van der Waals surface area contributed by atoms with Gasteiger partial charge in [0.2, 0.25) is 0 Å². The van der Waals surface area contributed by atoms with Crippen LogP contribution in [0.1, 0.15) is 33.7 Å². The molecular weight excluding hydrogens is 298 g/mol. The van der Waals surface area contributed by atoms with Gasteiger partial charge in [-0.3, -0.25) is 4.79 Å². The van der Waals surface area contributed by atoms with Crippen molar-refractivity contribution in [1.82, 2.24) is 15.0 Å². The molecule has 0 fully saturated rings. The molecular formula is C20H21N3O. The smallest absolute Gasteiger partial charge is 0.172 e. The lowest BCUT2D eigenvalue weighted by Gasteiger charge is -2.07. The third-order valence-electron chi connectivity index (χ3n) is 4.15. The van der Waals surface area contributed by atoms with Crippen molar-refractivity contribution in [3.05, 3.63) is 83.2 Å². The number of carbonyl (C=O) groups excluding carboxylic acids is 1. The molecule has 0 saturated carbocycles. The summed E-state index contributed by atoms with van der Waals surface area (Å²) in [6.45, 7) is 0.778. The number of aldehydes is 1. The molecule has 0 aliphatic rings. The van der Waals surface area contributed by atoms with Gasteiger partial charge < -0.3 is 0 Å². The van der Waals surface area contributed by atoms with Crippen molar-refractivity contribution in [1.29, 1.82) is 0 Å². The van der Waals surface area contributed by atoms with Crippen LogP contribution in [0.3, 0.4) is 0 Å².